The van der Waals surface area contributed by atoms with Gasteiger partial charge in [0, 0.05) is 18.7 Å². The molecule has 0 radical (unpaired) electrons. The third-order valence-electron chi connectivity index (χ3n) is 4.42. The first-order valence-electron chi connectivity index (χ1n) is 8.16. The number of carbonyl (C=O) groups excluding carboxylic acids is 1. The Kier molecular flexibility index (Phi) is 4.65. The van der Waals surface area contributed by atoms with Crippen molar-refractivity contribution in [2.75, 3.05) is 7.11 Å². The van der Waals surface area contributed by atoms with Gasteiger partial charge in [-0.1, -0.05) is 31.4 Å². The monoisotopic (exact) mass is 313 g/mol. The predicted octanol–water partition coefficient (Wildman–Crippen LogP) is 3.16. The molecule has 1 N–H and O–H groups in total. The lowest BCUT2D eigenvalue weighted by Crippen LogP contribution is -2.37. The zero-order chi connectivity index (χ0) is 16.2. The van der Waals surface area contributed by atoms with Crippen molar-refractivity contribution in [3.63, 3.8) is 0 Å². The maximum Gasteiger partial charge on any atom is 0.269 e. The molecular formula is C18H23N3O2. The summed E-state index contributed by atoms with van der Waals surface area (Å²) in [7, 11) is 3.44. The van der Waals surface area contributed by atoms with Gasteiger partial charge in [-0.05, 0) is 31.0 Å². The largest absolute Gasteiger partial charge is 0.497 e. The molecule has 1 aliphatic rings. The molecule has 23 heavy (non-hydrogen) atoms. The number of aromatic nitrogens is 2. The minimum Gasteiger partial charge on any atom is -0.497 e. The Hall–Kier alpha value is -2.30. The summed E-state index contributed by atoms with van der Waals surface area (Å²) in [6.07, 6.45) is 5.83. The molecule has 5 heteroatoms. The molecule has 0 spiro atoms. The number of hydrogen-bond donors (Lipinski definition) is 1. The second kappa shape index (κ2) is 6.86. The minimum atomic E-state index is -0.0407. The Morgan fingerprint density at radius 2 is 2.04 bits per heavy atom. The second-order valence-corrected chi connectivity index (χ2v) is 6.08. The van der Waals surface area contributed by atoms with Crippen LogP contribution < -0.4 is 10.1 Å². The van der Waals surface area contributed by atoms with E-state index >= 15 is 0 Å². The van der Waals surface area contributed by atoms with E-state index in [4.69, 9.17) is 4.74 Å². The highest BCUT2D eigenvalue weighted by molar-refractivity contribution is 5.93. The van der Waals surface area contributed by atoms with Gasteiger partial charge in [0.15, 0.2) is 0 Å². The molecule has 1 saturated carbocycles. The standard InChI is InChI=1S/C18H23N3O2/c1-21-17(18(22)19-14-8-4-3-5-9-14)12-16(20-21)13-7-6-10-15(11-13)23-2/h6-7,10-12,14H,3-5,8-9H2,1-2H3,(H,19,22). The lowest BCUT2D eigenvalue weighted by molar-refractivity contribution is 0.0918. The number of amides is 1. The highest BCUT2D eigenvalue weighted by atomic mass is 16.5. The Balaban J connectivity index is 1.78. The van der Waals surface area contributed by atoms with Gasteiger partial charge in [0.1, 0.15) is 11.4 Å². The van der Waals surface area contributed by atoms with Gasteiger partial charge in [-0.2, -0.15) is 5.10 Å². The molecule has 1 aromatic heterocycles. The Morgan fingerprint density at radius 1 is 1.26 bits per heavy atom. The van der Waals surface area contributed by atoms with Crippen molar-refractivity contribution in [3.05, 3.63) is 36.0 Å². The number of hydrogen-bond acceptors (Lipinski definition) is 3. The van der Waals surface area contributed by atoms with Crippen molar-refractivity contribution in [2.24, 2.45) is 7.05 Å². The van der Waals surface area contributed by atoms with Gasteiger partial charge in [0.05, 0.1) is 12.8 Å². The first-order valence-corrected chi connectivity index (χ1v) is 8.16. The molecular weight excluding hydrogens is 290 g/mol. The Labute approximate surface area is 136 Å². The average Bonchev–Trinajstić information content (AvgIpc) is 2.98. The lowest BCUT2D eigenvalue weighted by Gasteiger charge is -2.22. The van der Waals surface area contributed by atoms with E-state index in [1.165, 1.54) is 19.3 Å². The number of nitrogens with zero attached hydrogens (tertiary/aromatic N) is 2. The molecule has 122 valence electrons. The summed E-state index contributed by atoms with van der Waals surface area (Å²) in [5, 5.41) is 7.61. The van der Waals surface area contributed by atoms with Crippen molar-refractivity contribution in [2.45, 2.75) is 38.1 Å². The molecule has 1 heterocycles. The first-order chi connectivity index (χ1) is 11.2. The summed E-state index contributed by atoms with van der Waals surface area (Å²) in [5.74, 6) is 0.738. The second-order valence-electron chi connectivity index (χ2n) is 6.08. The fourth-order valence-corrected chi connectivity index (χ4v) is 3.11. The zero-order valence-corrected chi connectivity index (χ0v) is 13.7. The van der Waals surface area contributed by atoms with E-state index < -0.39 is 0 Å². The fourth-order valence-electron chi connectivity index (χ4n) is 3.11. The first kappa shape index (κ1) is 15.6. The smallest absolute Gasteiger partial charge is 0.269 e. The number of rotatable bonds is 4. The number of ether oxygens (including phenoxy) is 1. The third kappa shape index (κ3) is 3.55. The van der Waals surface area contributed by atoms with E-state index in [-0.39, 0.29) is 5.91 Å². The number of methoxy groups -OCH3 is 1. The van der Waals surface area contributed by atoms with Crippen LogP contribution in [0.4, 0.5) is 0 Å². The van der Waals surface area contributed by atoms with Crippen LogP contribution in [0.3, 0.4) is 0 Å². The highest BCUT2D eigenvalue weighted by Crippen LogP contribution is 2.24. The van der Waals surface area contributed by atoms with Crippen LogP contribution >= 0.6 is 0 Å². The number of carbonyl (C=O) groups is 1. The van der Waals surface area contributed by atoms with Crippen molar-refractivity contribution >= 4 is 5.91 Å². The normalized spacial score (nSPS) is 15.4. The van der Waals surface area contributed by atoms with Crippen molar-refractivity contribution in [1.82, 2.24) is 15.1 Å². The van der Waals surface area contributed by atoms with Crippen molar-refractivity contribution < 1.29 is 9.53 Å². The SMILES string of the molecule is COc1cccc(-c2cc(C(=O)NC3CCCCC3)n(C)n2)c1. The topological polar surface area (TPSA) is 56.1 Å². The lowest BCUT2D eigenvalue weighted by atomic mass is 9.95. The van der Waals surface area contributed by atoms with Crippen LogP contribution in [0.2, 0.25) is 0 Å². The quantitative estimate of drug-likeness (QED) is 0.943. The summed E-state index contributed by atoms with van der Waals surface area (Å²) in [6, 6.07) is 9.84. The van der Waals surface area contributed by atoms with Crippen LogP contribution in [0.15, 0.2) is 30.3 Å². The molecule has 0 atom stereocenters. The van der Waals surface area contributed by atoms with Crippen LogP contribution in [-0.4, -0.2) is 28.8 Å². The number of nitrogens with one attached hydrogen (secondary N) is 1. The zero-order valence-electron chi connectivity index (χ0n) is 13.7. The van der Waals surface area contributed by atoms with Gasteiger partial charge in [0.25, 0.3) is 5.91 Å². The third-order valence-corrected chi connectivity index (χ3v) is 4.42. The molecule has 0 bridgehead atoms. The summed E-state index contributed by atoms with van der Waals surface area (Å²) >= 11 is 0. The molecule has 3 rings (SSSR count). The van der Waals surface area contributed by atoms with Crippen molar-refractivity contribution in [1.29, 1.82) is 0 Å². The summed E-state index contributed by atoms with van der Waals surface area (Å²) in [6.45, 7) is 0. The van der Waals surface area contributed by atoms with E-state index in [1.807, 2.05) is 30.3 Å². The summed E-state index contributed by atoms with van der Waals surface area (Å²) in [4.78, 5) is 12.5. The molecule has 0 aliphatic heterocycles. The van der Waals surface area contributed by atoms with E-state index in [9.17, 15) is 4.79 Å². The van der Waals surface area contributed by atoms with Crippen LogP contribution in [0.25, 0.3) is 11.3 Å². The molecule has 0 unspecified atom stereocenters. The molecule has 1 fully saturated rings. The van der Waals surface area contributed by atoms with E-state index in [0.717, 1.165) is 29.8 Å². The van der Waals surface area contributed by atoms with Gasteiger partial charge < -0.3 is 10.1 Å². The van der Waals surface area contributed by atoms with Crippen LogP contribution in [0.5, 0.6) is 5.75 Å². The minimum absolute atomic E-state index is 0.0407. The molecule has 5 nitrogen and oxygen atoms in total. The fraction of sp³-hybridized carbons (Fsp3) is 0.444. The van der Waals surface area contributed by atoms with E-state index in [2.05, 4.69) is 10.4 Å². The molecule has 1 amide bonds. The average molecular weight is 313 g/mol. The van der Waals surface area contributed by atoms with Gasteiger partial charge in [-0.15, -0.1) is 0 Å². The van der Waals surface area contributed by atoms with E-state index in [0.29, 0.717) is 11.7 Å². The van der Waals surface area contributed by atoms with Crippen LogP contribution in [0.1, 0.15) is 42.6 Å². The molecule has 0 saturated heterocycles. The van der Waals surface area contributed by atoms with Gasteiger partial charge in [0.2, 0.25) is 0 Å². The number of benzene rings is 1. The summed E-state index contributed by atoms with van der Waals surface area (Å²) < 4.78 is 6.89. The maximum atomic E-state index is 12.5. The highest BCUT2D eigenvalue weighted by Gasteiger charge is 2.19. The van der Waals surface area contributed by atoms with Crippen LogP contribution in [0, 0.1) is 0 Å². The Morgan fingerprint density at radius 3 is 2.78 bits per heavy atom. The molecule has 1 aliphatic carbocycles. The molecule has 2 aromatic rings. The van der Waals surface area contributed by atoms with Crippen molar-refractivity contribution in [3.8, 4) is 17.0 Å². The van der Waals surface area contributed by atoms with Gasteiger partial charge in [-0.25, -0.2) is 0 Å². The van der Waals surface area contributed by atoms with Gasteiger partial charge >= 0.3 is 0 Å². The van der Waals surface area contributed by atoms with E-state index in [1.54, 1.807) is 18.8 Å². The Bertz CT molecular complexity index is 687. The summed E-state index contributed by atoms with van der Waals surface area (Å²) in [5.41, 5.74) is 2.31. The molecule has 1 aromatic carbocycles. The predicted molar refractivity (Wildman–Crippen MR) is 89.5 cm³/mol. The van der Waals surface area contributed by atoms with Crippen LogP contribution in [-0.2, 0) is 7.05 Å². The number of aryl methyl sites for hydroxylation is 1. The maximum absolute atomic E-state index is 12.5. The van der Waals surface area contributed by atoms with Gasteiger partial charge in [-0.3, -0.25) is 9.48 Å².